The number of para-hydroxylation sites is 1. The van der Waals surface area contributed by atoms with Crippen molar-refractivity contribution in [3.8, 4) is 5.75 Å². The molecule has 164 valence electrons. The molecule has 2 saturated heterocycles. The Hall–Kier alpha value is -1.86. The lowest BCUT2D eigenvalue weighted by Gasteiger charge is -2.36. The van der Waals surface area contributed by atoms with Gasteiger partial charge in [0.25, 0.3) is 0 Å². The summed E-state index contributed by atoms with van der Waals surface area (Å²) in [7, 11) is -2.98. The summed E-state index contributed by atoms with van der Waals surface area (Å²) in [6.07, 6.45) is 5.61. The summed E-state index contributed by atoms with van der Waals surface area (Å²) in [4.78, 5) is 17.6. The van der Waals surface area contributed by atoms with Gasteiger partial charge in [-0.25, -0.2) is 8.42 Å². The van der Waals surface area contributed by atoms with Gasteiger partial charge in [-0.3, -0.25) is 9.69 Å². The molecule has 1 spiro atoms. The molecular weight excluding hydrogens is 400 g/mol. The highest BCUT2D eigenvalue weighted by Gasteiger charge is 2.41. The average molecular weight is 433 g/mol. The van der Waals surface area contributed by atoms with E-state index in [0.717, 1.165) is 50.2 Å². The third-order valence-electron chi connectivity index (χ3n) is 6.66. The van der Waals surface area contributed by atoms with Crippen LogP contribution >= 0.6 is 0 Å². The van der Waals surface area contributed by atoms with Crippen LogP contribution in [0.2, 0.25) is 0 Å². The zero-order chi connectivity index (χ0) is 21.2. The number of amides is 1. The van der Waals surface area contributed by atoms with Gasteiger partial charge >= 0.3 is 0 Å². The maximum atomic E-state index is 13.3. The summed E-state index contributed by atoms with van der Waals surface area (Å²) >= 11 is 0. The second-order valence-corrected chi connectivity index (χ2v) is 11.3. The average Bonchev–Trinajstić information content (AvgIpc) is 2.86. The summed E-state index contributed by atoms with van der Waals surface area (Å²) in [5, 5.41) is 0. The lowest BCUT2D eigenvalue weighted by Crippen LogP contribution is -2.48. The number of likely N-dealkylation sites (tertiary alicyclic amines) is 1. The molecule has 0 aromatic heterocycles. The molecule has 0 saturated carbocycles. The first kappa shape index (κ1) is 21.4. The smallest absolute Gasteiger partial charge is 0.223 e. The van der Waals surface area contributed by atoms with E-state index in [1.54, 1.807) is 0 Å². The van der Waals surface area contributed by atoms with Gasteiger partial charge in [0.1, 0.15) is 11.4 Å². The highest BCUT2D eigenvalue weighted by Crippen LogP contribution is 2.36. The van der Waals surface area contributed by atoms with Crippen molar-refractivity contribution < 1.29 is 17.9 Å². The number of carbonyl (C=O) groups is 1. The van der Waals surface area contributed by atoms with Crippen LogP contribution in [-0.4, -0.2) is 67.4 Å². The Morgan fingerprint density at radius 3 is 2.87 bits per heavy atom. The minimum Gasteiger partial charge on any atom is -0.485 e. The van der Waals surface area contributed by atoms with Crippen LogP contribution in [-0.2, 0) is 21.2 Å². The maximum Gasteiger partial charge on any atom is 0.223 e. The van der Waals surface area contributed by atoms with Crippen LogP contribution in [0, 0.1) is 5.92 Å². The molecule has 3 heterocycles. The molecule has 0 unspecified atom stereocenters. The van der Waals surface area contributed by atoms with Crippen LogP contribution in [0.5, 0.6) is 5.75 Å². The standard InChI is InChI=1S/C23H32N2O4S/c1-2-11-24-12-5-9-23(10-13-24)18-25(16-20-6-3-4-7-21(20)29-23)22(26)15-19-8-14-30(27,28)17-19/h2-4,6-7,19H,1,5,8-18H2/t19-,23+/m1/s1. The Morgan fingerprint density at radius 1 is 1.27 bits per heavy atom. The Labute approximate surface area is 179 Å². The summed E-state index contributed by atoms with van der Waals surface area (Å²) in [6, 6.07) is 7.98. The van der Waals surface area contributed by atoms with Crippen molar-refractivity contribution in [3.05, 3.63) is 42.5 Å². The molecule has 0 bridgehead atoms. The van der Waals surface area contributed by atoms with E-state index in [0.29, 0.717) is 25.9 Å². The zero-order valence-electron chi connectivity index (χ0n) is 17.6. The normalized spacial score (nSPS) is 28.9. The molecule has 0 aliphatic carbocycles. The third-order valence-corrected chi connectivity index (χ3v) is 8.50. The van der Waals surface area contributed by atoms with Gasteiger partial charge in [0, 0.05) is 38.0 Å². The van der Waals surface area contributed by atoms with Crippen LogP contribution < -0.4 is 4.74 Å². The number of benzene rings is 1. The number of rotatable bonds is 4. The van der Waals surface area contributed by atoms with Gasteiger partial charge in [-0.05, 0) is 37.8 Å². The summed E-state index contributed by atoms with van der Waals surface area (Å²) in [6.45, 7) is 7.72. The molecule has 1 aromatic carbocycles. The van der Waals surface area contributed by atoms with E-state index >= 15 is 0 Å². The highest BCUT2D eigenvalue weighted by atomic mass is 32.2. The van der Waals surface area contributed by atoms with Crippen molar-refractivity contribution in [1.29, 1.82) is 0 Å². The molecule has 2 atom stereocenters. The predicted molar refractivity (Wildman–Crippen MR) is 117 cm³/mol. The molecule has 3 aliphatic heterocycles. The van der Waals surface area contributed by atoms with Crippen molar-refractivity contribution in [2.75, 3.05) is 37.7 Å². The monoisotopic (exact) mass is 432 g/mol. The van der Waals surface area contributed by atoms with Crippen molar-refractivity contribution in [2.45, 2.75) is 44.2 Å². The van der Waals surface area contributed by atoms with Crippen LogP contribution in [0.25, 0.3) is 0 Å². The molecule has 1 aromatic rings. The lowest BCUT2D eigenvalue weighted by molar-refractivity contribution is -0.135. The van der Waals surface area contributed by atoms with E-state index in [1.165, 1.54) is 0 Å². The minimum atomic E-state index is -2.98. The summed E-state index contributed by atoms with van der Waals surface area (Å²) < 4.78 is 30.3. The zero-order valence-corrected chi connectivity index (χ0v) is 18.4. The number of ether oxygens (including phenoxy) is 1. The number of sulfone groups is 1. The van der Waals surface area contributed by atoms with Crippen LogP contribution in [0.3, 0.4) is 0 Å². The van der Waals surface area contributed by atoms with Gasteiger partial charge in [-0.1, -0.05) is 24.3 Å². The fraction of sp³-hybridized carbons (Fsp3) is 0.609. The van der Waals surface area contributed by atoms with Crippen LogP contribution in [0.1, 0.15) is 37.7 Å². The van der Waals surface area contributed by atoms with Crippen LogP contribution in [0.15, 0.2) is 36.9 Å². The van der Waals surface area contributed by atoms with Gasteiger partial charge in [0.2, 0.25) is 5.91 Å². The second-order valence-electron chi connectivity index (χ2n) is 9.06. The van der Waals surface area contributed by atoms with E-state index < -0.39 is 15.4 Å². The molecule has 30 heavy (non-hydrogen) atoms. The number of hydrogen-bond donors (Lipinski definition) is 0. The Bertz CT molecular complexity index is 900. The number of carbonyl (C=O) groups excluding carboxylic acids is 1. The Kier molecular flexibility index (Phi) is 6.21. The van der Waals surface area contributed by atoms with E-state index in [-0.39, 0.29) is 23.3 Å². The number of nitrogens with zero attached hydrogens (tertiary/aromatic N) is 2. The molecule has 6 nitrogen and oxygen atoms in total. The largest absolute Gasteiger partial charge is 0.485 e. The first-order valence-corrected chi connectivity index (χ1v) is 12.8. The van der Waals surface area contributed by atoms with Crippen molar-refractivity contribution in [1.82, 2.24) is 9.80 Å². The van der Waals surface area contributed by atoms with E-state index in [1.807, 2.05) is 35.2 Å². The van der Waals surface area contributed by atoms with Gasteiger partial charge in [-0.15, -0.1) is 6.58 Å². The maximum absolute atomic E-state index is 13.3. The molecule has 1 amide bonds. The molecule has 0 N–H and O–H groups in total. The SMILES string of the molecule is C=CCN1CCC[C@]2(CC1)CN(C(=O)C[C@H]1CCS(=O)(=O)C1)Cc1ccccc1O2. The molecule has 3 aliphatic rings. The number of hydrogen-bond acceptors (Lipinski definition) is 5. The topological polar surface area (TPSA) is 66.9 Å². The highest BCUT2D eigenvalue weighted by molar-refractivity contribution is 7.91. The molecule has 7 heteroatoms. The summed E-state index contributed by atoms with van der Waals surface area (Å²) in [5.41, 5.74) is 0.619. The summed E-state index contributed by atoms with van der Waals surface area (Å²) in [5.74, 6) is 1.20. The third kappa shape index (κ3) is 4.89. The molecule has 4 rings (SSSR count). The van der Waals surface area contributed by atoms with Crippen molar-refractivity contribution >= 4 is 15.7 Å². The quantitative estimate of drug-likeness (QED) is 0.685. The Balaban J connectivity index is 1.55. The minimum absolute atomic E-state index is 0.0453. The predicted octanol–water partition coefficient (Wildman–Crippen LogP) is 2.64. The van der Waals surface area contributed by atoms with Gasteiger partial charge < -0.3 is 9.64 Å². The lowest BCUT2D eigenvalue weighted by atomic mass is 9.93. The van der Waals surface area contributed by atoms with Gasteiger partial charge in [0.05, 0.1) is 18.1 Å². The van der Waals surface area contributed by atoms with Crippen molar-refractivity contribution in [2.24, 2.45) is 5.92 Å². The number of fused-ring (bicyclic) bond motifs is 1. The van der Waals surface area contributed by atoms with Crippen molar-refractivity contribution in [3.63, 3.8) is 0 Å². The molecule has 0 radical (unpaired) electrons. The van der Waals surface area contributed by atoms with Crippen LogP contribution in [0.4, 0.5) is 0 Å². The Morgan fingerprint density at radius 2 is 2.10 bits per heavy atom. The molecular formula is C23H32N2O4S. The van der Waals surface area contributed by atoms with Gasteiger partial charge in [0.15, 0.2) is 9.84 Å². The van der Waals surface area contributed by atoms with E-state index in [9.17, 15) is 13.2 Å². The first-order chi connectivity index (χ1) is 14.4. The second kappa shape index (κ2) is 8.71. The van der Waals surface area contributed by atoms with E-state index in [4.69, 9.17) is 4.74 Å². The fourth-order valence-electron chi connectivity index (χ4n) is 5.04. The fourth-order valence-corrected chi connectivity index (χ4v) is 6.91. The first-order valence-electron chi connectivity index (χ1n) is 11.0. The van der Waals surface area contributed by atoms with E-state index in [2.05, 4.69) is 11.5 Å². The van der Waals surface area contributed by atoms with Gasteiger partial charge in [-0.2, -0.15) is 0 Å². The molecule has 2 fully saturated rings.